The molecular formula is C53H74Cl2N8O6. The number of fused-ring (bicyclic) bond motifs is 2. The Labute approximate surface area is 417 Å². The summed E-state index contributed by atoms with van der Waals surface area (Å²) in [5.74, 6) is 2.93. The molecule has 10 rings (SSSR count). The zero-order valence-electron chi connectivity index (χ0n) is 40.6. The fourth-order valence-electron chi connectivity index (χ4n) is 12.9. The Kier molecular flexibility index (Phi) is 16.2. The number of amides is 2. The topological polar surface area (TPSA) is 142 Å². The van der Waals surface area contributed by atoms with Gasteiger partial charge in [-0.15, -0.1) is 0 Å². The predicted octanol–water partition coefficient (Wildman–Crippen LogP) is 8.82. The molecule has 376 valence electrons. The third kappa shape index (κ3) is 11.8. The van der Waals surface area contributed by atoms with Gasteiger partial charge in [0.25, 0.3) is 0 Å². The second-order valence-corrected chi connectivity index (χ2v) is 22.4. The SMILES string of the molecule is COCC1CC(C(C(=O)NC2CCC(CCN3CCN(c4noc5cc(Cl)ccc45)CC3)CC2)C(C(=O)NC2CCC(CCN3CCN(c4noc5cc(Cl)ccc45)CC3)CC2)C2CCCCO2)C1. The van der Waals surface area contributed by atoms with Gasteiger partial charge in [-0.2, -0.15) is 0 Å². The average Bonchev–Trinajstić information content (AvgIpc) is 3.98. The van der Waals surface area contributed by atoms with E-state index in [0.29, 0.717) is 41.0 Å². The van der Waals surface area contributed by atoms with Crippen molar-refractivity contribution in [1.29, 1.82) is 0 Å². The van der Waals surface area contributed by atoms with Gasteiger partial charge in [0.15, 0.2) is 22.8 Å². The fraction of sp³-hybridized carbons (Fsp3) is 0.698. The van der Waals surface area contributed by atoms with Gasteiger partial charge >= 0.3 is 0 Å². The van der Waals surface area contributed by atoms with E-state index in [9.17, 15) is 9.59 Å². The molecule has 3 aliphatic heterocycles. The Bertz CT molecular complexity index is 2300. The number of carbonyl (C=O) groups is 2. The lowest BCUT2D eigenvalue weighted by Gasteiger charge is -2.45. The van der Waals surface area contributed by atoms with E-state index in [0.717, 1.165) is 182 Å². The minimum absolute atomic E-state index is 0.0328. The first kappa shape index (κ1) is 48.9. The van der Waals surface area contributed by atoms with Crippen molar-refractivity contribution in [3.63, 3.8) is 0 Å². The smallest absolute Gasteiger partial charge is 0.226 e. The molecule has 14 nitrogen and oxygen atoms in total. The van der Waals surface area contributed by atoms with E-state index in [1.54, 1.807) is 7.11 Å². The van der Waals surface area contributed by atoms with Crippen LogP contribution in [0.1, 0.15) is 96.3 Å². The van der Waals surface area contributed by atoms with Gasteiger partial charge in [-0.1, -0.05) is 33.5 Å². The molecule has 2 N–H and O–H groups in total. The van der Waals surface area contributed by atoms with Crippen LogP contribution < -0.4 is 20.4 Å². The highest BCUT2D eigenvalue weighted by molar-refractivity contribution is 6.31. The zero-order chi connectivity index (χ0) is 47.3. The zero-order valence-corrected chi connectivity index (χ0v) is 42.2. The molecule has 0 bridgehead atoms. The van der Waals surface area contributed by atoms with E-state index in [1.807, 2.05) is 36.4 Å². The second-order valence-electron chi connectivity index (χ2n) is 21.5. The molecule has 6 aliphatic rings. The number of halogens is 2. The number of benzene rings is 2. The molecule has 0 spiro atoms. The minimum Gasteiger partial charge on any atom is -0.384 e. The van der Waals surface area contributed by atoms with Crippen molar-refractivity contribution in [1.82, 2.24) is 30.7 Å². The van der Waals surface area contributed by atoms with Crippen molar-refractivity contribution in [2.24, 2.45) is 35.5 Å². The number of carbonyl (C=O) groups excluding carboxylic acids is 2. The number of anilines is 2. The molecule has 3 saturated heterocycles. The quantitative estimate of drug-likeness (QED) is 0.104. The Balaban J connectivity index is 0.688. The summed E-state index contributed by atoms with van der Waals surface area (Å²) >= 11 is 12.3. The van der Waals surface area contributed by atoms with Crippen molar-refractivity contribution in [2.45, 2.75) is 114 Å². The average molecular weight is 990 g/mol. The maximum absolute atomic E-state index is 14.8. The van der Waals surface area contributed by atoms with Crippen LogP contribution in [0.15, 0.2) is 45.4 Å². The van der Waals surface area contributed by atoms with Crippen molar-refractivity contribution in [2.75, 3.05) is 95.6 Å². The molecule has 16 heteroatoms. The number of piperazine rings is 2. The standard InChI is InChI=1S/C53H74Cl2N8O6/c1-66-34-37-30-38(31-37)48(52(64)56-41-11-5-35(6-12-41)17-19-60-21-25-62(26-22-60)50-43-15-9-39(54)32-46(43)68-58-50)49(45-4-2-3-29-67-45)53(65)57-42-13-7-36(8-14-42)18-20-61-23-27-63(28-24-61)51-44-16-10-40(55)33-47(44)69-59-51/h9-10,15-16,32-33,35-38,41-42,45,48-49H,2-8,11-14,17-31,34H2,1H3,(H,56,64)(H,57,65). The number of nitrogens with zero attached hydrogens (tertiary/aromatic N) is 6. The van der Waals surface area contributed by atoms with Gasteiger partial charge in [0, 0.05) is 107 Å². The van der Waals surface area contributed by atoms with Crippen LogP contribution in [0.5, 0.6) is 0 Å². The summed E-state index contributed by atoms with van der Waals surface area (Å²) in [6.07, 6.45) is 15.2. The first-order chi connectivity index (χ1) is 33.7. The van der Waals surface area contributed by atoms with Crippen LogP contribution in [-0.2, 0) is 19.1 Å². The molecule has 2 aromatic heterocycles. The van der Waals surface area contributed by atoms with E-state index in [1.165, 1.54) is 12.8 Å². The minimum atomic E-state index is -0.485. The highest BCUT2D eigenvalue weighted by Crippen LogP contribution is 2.45. The summed E-state index contributed by atoms with van der Waals surface area (Å²) in [6.45, 7) is 11.2. The largest absolute Gasteiger partial charge is 0.384 e. The van der Waals surface area contributed by atoms with E-state index >= 15 is 0 Å². The normalized spacial score (nSPS) is 28.4. The molecule has 0 radical (unpaired) electrons. The van der Waals surface area contributed by atoms with Crippen molar-refractivity contribution >= 4 is 68.6 Å². The van der Waals surface area contributed by atoms with Gasteiger partial charge in [0.2, 0.25) is 11.8 Å². The first-order valence-corrected chi connectivity index (χ1v) is 27.3. The van der Waals surface area contributed by atoms with Gasteiger partial charge in [0.1, 0.15) is 0 Å². The highest BCUT2D eigenvalue weighted by Gasteiger charge is 2.49. The van der Waals surface area contributed by atoms with Crippen molar-refractivity contribution in [3.8, 4) is 0 Å². The molecule has 3 aliphatic carbocycles. The molecule has 3 atom stereocenters. The van der Waals surface area contributed by atoms with Crippen LogP contribution in [0.4, 0.5) is 11.6 Å². The summed E-state index contributed by atoms with van der Waals surface area (Å²) < 4.78 is 23.2. The van der Waals surface area contributed by atoms with Crippen LogP contribution in [0, 0.1) is 35.5 Å². The van der Waals surface area contributed by atoms with Crippen LogP contribution in [0.3, 0.4) is 0 Å². The summed E-state index contributed by atoms with van der Waals surface area (Å²) in [4.78, 5) is 39.3. The van der Waals surface area contributed by atoms with E-state index in [4.69, 9.17) is 41.7 Å². The first-order valence-electron chi connectivity index (χ1n) is 26.5. The lowest BCUT2D eigenvalue weighted by Crippen LogP contribution is -2.56. The van der Waals surface area contributed by atoms with E-state index in [-0.39, 0.29) is 35.9 Å². The molecule has 5 heterocycles. The van der Waals surface area contributed by atoms with Crippen LogP contribution in [0.2, 0.25) is 10.0 Å². The number of methoxy groups -OCH3 is 1. The monoisotopic (exact) mass is 989 g/mol. The Hall–Kier alpha value is -3.66. The number of hydrogen-bond acceptors (Lipinski definition) is 12. The van der Waals surface area contributed by atoms with Gasteiger partial charge in [-0.25, -0.2) is 0 Å². The highest BCUT2D eigenvalue weighted by atomic mass is 35.5. The summed E-state index contributed by atoms with van der Waals surface area (Å²) in [5.41, 5.74) is 1.46. The van der Waals surface area contributed by atoms with Crippen molar-refractivity contribution < 1.29 is 28.1 Å². The molecule has 69 heavy (non-hydrogen) atoms. The number of hydrogen-bond donors (Lipinski definition) is 2. The molecule has 6 fully saturated rings. The lowest BCUT2D eigenvalue weighted by atomic mass is 9.63. The lowest BCUT2D eigenvalue weighted by molar-refractivity contribution is -0.151. The fourth-order valence-corrected chi connectivity index (χ4v) is 13.2. The molecule has 4 aromatic rings. The van der Waals surface area contributed by atoms with Gasteiger partial charge in [0.05, 0.1) is 28.7 Å². The van der Waals surface area contributed by atoms with E-state index < -0.39 is 11.8 Å². The van der Waals surface area contributed by atoms with E-state index in [2.05, 4.69) is 40.5 Å². The number of nitrogens with one attached hydrogen (secondary N) is 2. The summed E-state index contributed by atoms with van der Waals surface area (Å²) in [7, 11) is 1.76. The molecular weight excluding hydrogens is 916 g/mol. The maximum atomic E-state index is 14.8. The molecule has 3 unspecified atom stereocenters. The molecule has 3 saturated carbocycles. The number of rotatable bonds is 17. The number of ether oxygens (including phenoxy) is 2. The van der Waals surface area contributed by atoms with Crippen LogP contribution in [-0.4, -0.2) is 136 Å². The predicted molar refractivity (Wildman–Crippen MR) is 271 cm³/mol. The second kappa shape index (κ2) is 22.8. The van der Waals surface area contributed by atoms with Gasteiger partial charge in [-0.05, 0) is 157 Å². The molecule has 2 amide bonds. The third-order valence-corrected chi connectivity index (χ3v) is 17.5. The van der Waals surface area contributed by atoms with Crippen molar-refractivity contribution in [3.05, 3.63) is 46.4 Å². The Morgan fingerprint density at radius 3 is 1.61 bits per heavy atom. The summed E-state index contributed by atoms with van der Waals surface area (Å²) in [6, 6.07) is 11.7. The van der Waals surface area contributed by atoms with Crippen LogP contribution >= 0.6 is 23.2 Å². The van der Waals surface area contributed by atoms with Crippen LogP contribution in [0.25, 0.3) is 21.9 Å². The third-order valence-electron chi connectivity index (χ3n) is 17.1. The Morgan fingerprint density at radius 1 is 0.652 bits per heavy atom. The van der Waals surface area contributed by atoms with Gasteiger partial charge < -0.3 is 39.0 Å². The summed E-state index contributed by atoms with van der Waals surface area (Å²) in [5, 5.41) is 19.2. The van der Waals surface area contributed by atoms with Gasteiger partial charge in [-0.3, -0.25) is 19.4 Å². The maximum Gasteiger partial charge on any atom is 0.226 e. The Morgan fingerprint density at radius 2 is 1.14 bits per heavy atom. The number of aromatic nitrogens is 2. The molecule has 2 aromatic carbocycles.